The van der Waals surface area contributed by atoms with Gasteiger partial charge in [-0.25, -0.2) is 0 Å². The second-order valence-corrected chi connectivity index (χ2v) is 12.5. The number of hydrogen-bond donors (Lipinski definition) is 0. The minimum atomic E-state index is -0.990. The quantitative estimate of drug-likeness (QED) is 0.249. The van der Waals surface area contributed by atoms with Crippen LogP contribution in [-0.4, -0.2) is 11.5 Å². The van der Waals surface area contributed by atoms with Gasteiger partial charge in [-0.15, -0.1) is 0 Å². The minimum Gasteiger partial charge on any atom is -0.159 e. The molecule has 0 aliphatic carbocycles. The van der Waals surface area contributed by atoms with Crippen molar-refractivity contribution >= 4 is 19.9 Å². The molecule has 25 heavy (non-hydrogen) atoms. The molecule has 0 nitrogen and oxygen atoms in total. The van der Waals surface area contributed by atoms with Gasteiger partial charge in [0, 0.05) is 5.75 Å². The van der Waals surface area contributed by atoms with Crippen LogP contribution in [0.25, 0.3) is 0 Å². The van der Waals surface area contributed by atoms with Crippen molar-refractivity contribution in [1.82, 2.24) is 0 Å². The molecule has 0 aliphatic heterocycles. The molecule has 0 saturated carbocycles. The van der Waals surface area contributed by atoms with Gasteiger partial charge < -0.3 is 0 Å². The third kappa shape index (κ3) is 12.0. The first-order valence-corrected chi connectivity index (χ1v) is 13.7. The van der Waals surface area contributed by atoms with Crippen molar-refractivity contribution in [2.75, 3.05) is 11.5 Å². The monoisotopic (exact) mass is 384 g/mol. The van der Waals surface area contributed by atoms with E-state index in [9.17, 15) is 0 Å². The first-order valence-electron chi connectivity index (χ1n) is 10.7. The molecule has 0 radical (unpaired) electrons. The molecule has 0 spiro atoms. The Kier molecular flexibility index (Phi) is 13.7. The fourth-order valence-corrected chi connectivity index (χ4v) is 7.21. The summed E-state index contributed by atoms with van der Waals surface area (Å²) in [7, 11) is 6.16. The zero-order valence-corrected chi connectivity index (χ0v) is 18.4. The van der Waals surface area contributed by atoms with Crippen LogP contribution in [0.5, 0.6) is 0 Å². The summed E-state index contributed by atoms with van der Waals surface area (Å²) in [4.78, 5) is 0. The number of hydrogen-bond acceptors (Lipinski definition) is 0. The third-order valence-electron chi connectivity index (χ3n) is 5.00. The zero-order chi connectivity index (χ0) is 18.2. The van der Waals surface area contributed by atoms with Gasteiger partial charge in [-0.3, -0.25) is 0 Å². The van der Waals surface area contributed by atoms with Crippen LogP contribution in [0.4, 0.5) is 0 Å². The highest BCUT2D eigenvalue weighted by Crippen LogP contribution is 2.57. The lowest BCUT2D eigenvalue weighted by Gasteiger charge is -2.33. The highest BCUT2D eigenvalue weighted by molar-refractivity contribution is 8.50. The summed E-state index contributed by atoms with van der Waals surface area (Å²) in [5.74, 6) is 3.59. The molecule has 0 heterocycles. The first-order chi connectivity index (χ1) is 12.2. The van der Waals surface area contributed by atoms with E-state index in [-0.39, 0.29) is 0 Å². The lowest BCUT2D eigenvalue weighted by Crippen LogP contribution is -2.07. The first kappa shape index (κ1) is 22.9. The smallest absolute Gasteiger partial charge is 0.0151 e. The van der Waals surface area contributed by atoms with Gasteiger partial charge in [0.15, 0.2) is 0 Å². The SMILES string of the molecule is CCCCCCCCCCCCS(Cl)(CCCC)Cc1ccccc1. The number of halogens is 1. The van der Waals surface area contributed by atoms with E-state index < -0.39 is 9.24 Å². The standard InChI is InChI=1S/C23H41ClS/c1-3-5-7-8-9-10-11-12-13-17-21-25(24,20-6-4-2)22-23-18-15-14-16-19-23/h14-16,18-19H,3-13,17,20-22H2,1-2H3. The Hall–Kier alpha value is -0.140. The average molecular weight is 385 g/mol. The van der Waals surface area contributed by atoms with Gasteiger partial charge in [-0.1, -0.05) is 119 Å². The molecule has 0 aliphatic rings. The highest BCUT2D eigenvalue weighted by atomic mass is 35.7. The fraction of sp³-hybridized carbons (Fsp3) is 0.739. The molecule has 0 aromatic heterocycles. The summed E-state index contributed by atoms with van der Waals surface area (Å²) in [6.07, 6.45) is 16.6. The predicted molar refractivity (Wildman–Crippen MR) is 120 cm³/mol. The molecular formula is C23H41ClS. The summed E-state index contributed by atoms with van der Waals surface area (Å²) in [5.41, 5.74) is 1.43. The van der Waals surface area contributed by atoms with E-state index >= 15 is 0 Å². The lowest BCUT2D eigenvalue weighted by molar-refractivity contribution is 0.563. The Bertz CT molecular complexity index is 406. The van der Waals surface area contributed by atoms with Gasteiger partial charge in [0.05, 0.1) is 0 Å². The fourth-order valence-electron chi connectivity index (χ4n) is 3.37. The number of unbranched alkanes of at least 4 members (excludes halogenated alkanes) is 10. The van der Waals surface area contributed by atoms with Crippen molar-refractivity contribution in [3.8, 4) is 0 Å². The van der Waals surface area contributed by atoms with Crippen molar-refractivity contribution < 1.29 is 0 Å². The Labute approximate surface area is 164 Å². The summed E-state index contributed by atoms with van der Waals surface area (Å²) in [5, 5.41) is 0. The zero-order valence-electron chi connectivity index (χ0n) is 16.8. The van der Waals surface area contributed by atoms with E-state index in [2.05, 4.69) is 44.2 Å². The van der Waals surface area contributed by atoms with Crippen LogP contribution >= 0.6 is 19.9 Å². The molecule has 1 unspecified atom stereocenters. The van der Waals surface area contributed by atoms with Crippen molar-refractivity contribution in [3.05, 3.63) is 35.9 Å². The normalized spacial score (nSPS) is 15.0. The Balaban J connectivity index is 2.20. The van der Waals surface area contributed by atoms with Crippen LogP contribution in [0.2, 0.25) is 0 Å². The van der Waals surface area contributed by atoms with Crippen molar-refractivity contribution in [2.45, 2.75) is 96.7 Å². The van der Waals surface area contributed by atoms with Crippen LogP contribution in [0.15, 0.2) is 30.3 Å². The van der Waals surface area contributed by atoms with Gasteiger partial charge in [0.2, 0.25) is 0 Å². The summed E-state index contributed by atoms with van der Waals surface area (Å²) in [6, 6.07) is 10.9. The predicted octanol–water partition coefficient (Wildman–Crippen LogP) is 8.87. The van der Waals surface area contributed by atoms with Gasteiger partial charge in [-0.05, 0) is 29.9 Å². The maximum atomic E-state index is 7.15. The maximum Gasteiger partial charge on any atom is 0.0151 e. The van der Waals surface area contributed by atoms with E-state index in [1.165, 1.54) is 94.1 Å². The average Bonchev–Trinajstić information content (AvgIpc) is 2.62. The minimum absolute atomic E-state index is 0.990. The Morgan fingerprint density at radius 3 is 1.68 bits per heavy atom. The molecule has 0 saturated heterocycles. The second kappa shape index (κ2) is 15.0. The molecule has 1 rings (SSSR count). The molecule has 0 N–H and O–H groups in total. The van der Waals surface area contributed by atoms with Gasteiger partial charge in [0.25, 0.3) is 0 Å². The molecule has 1 aromatic rings. The van der Waals surface area contributed by atoms with Crippen LogP contribution < -0.4 is 0 Å². The molecule has 1 atom stereocenters. The van der Waals surface area contributed by atoms with E-state index in [4.69, 9.17) is 10.7 Å². The molecule has 2 heteroatoms. The maximum absolute atomic E-state index is 7.15. The van der Waals surface area contributed by atoms with Gasteiger partial charge in [-0.2, -0.15) is 9.24 Å². The van der Waals surface area contributed by atoms with Crippen LogP contribution in [0.3, 0.4) is 0 Å². The molecule has 146 valence electrons. The highest BCUT2D eigenvalue weighted by Gasteiger charge is 2.20. The summed E-state index contributed by atoms with van der Waals surface area (Å²) in [6.45, 7) is 4.57. The van der Waals surface area contributed by atoms with Crippen molar-refractivity contribution in [2.24, 2.45) is 0 Å². The number of rotatable bonds is 16. The topological polar surface area (TPSA) is 0 Å². The molecule has 0 fully saturated rings. The summed E-state index contributed by atoms with van der Waals surface area (Å²) >= 11 is 0. The van der Waals surface area contributed by atoms with Crippen LogP contribution in [-0.2, 0) is 5.75 Å². The van der Waals surface area contributed by atoms with Crippen LogP contribution in [0, 0.1) is 0 Å². The largest absolute Gasteiger partial charge is 0.159 e. The van der Waals surface area contributed by atoms with E-state index in [1.54, 1.807) is 0 Å². The Morgan fingerprint density at radius 2 is 1.12 bits per heavy atom. The van der Waals surface area contributed by atoms with E-state index in [0.29, 0.717) is 0 Å². The Morgan fingerprint density at radius 1 is 0.640 bits per heavy atom. The van der Waals surface area contributed by atoms with Gasteiger partial charge >= 0.3 is 0 Å². The number of benzene rings is 1. The van der Waals surface area contributed by atoms with E-state index in [1.807, 2.05) is 0 Å². The second-order valence-electron chi connectivity index (χ2n) is 7.51. The molecule has 0 amide bonds. The van der Waals surface area contributed by atoms with Crippen molar-refractivity contribution in [1.29, 1.82) is 0 Å². The summed E-state index contributed by atoms with van der Waals surface area (Å²) < 4.78 is 0. The lowest BCUT2D eigenvalue weighted by atomic mass is 10.1. The molecule has 1 aromatic carbocycles. The molecular weight excluding hydrogens is 344 g/mol. The third-order valence-corrected chi connectivity index (χ3v) is 9.14. The van der Waals surface area contributed by atoms with Gasteiger partial charge in [0.1, 0.15) is 0 Å². The molecule has 0 bridgehead atoms. The van der Waals surface area contributed by atoms with Crippen LogP contribution in [0.1, 0.15) is 96.5 Å². The van der Waals surface area contributed by atoms with Crippen molar-refractivity contribution in [3.63, 3.8) is 0 Å². The van der Waals surface area contributed by atoms with E-state index in [0.717, 1.165) is 5.75 Å².